The van der Waals surface area contributed by atoms with Crippen LogP contribution in [-0.2, 0) is 6.42 Å². The first kappa shape index (κ1) is 14.2. The zero-order valence-electron chi connectivity index (χ0n) is 11.7. The van der Waals surface area contributed by atoms with E-state index < -0.39 is 0 Å². The molecule has 1 heterocycles. The lowest BCUT2D eigenvalue weighted by atomic mass is 10.1. The summed E-state index contributed by atoms with van der Waals surface area (Å²) in [6.07, 6.45) is 1.54. The van der Waals surface area contributed by atoms with Crippen LogP contribution in [0.2, 0.25) is 0 Å². The summed E-state index contributed by atoms with van der Waals surface area (Å²) in [7, 11) is 0. The first-order valence-corrected chi connectivity index (χ1v) is 7.73. The summed E-state index contributed by atoms with van der Waals surface area (Å²) in [6.45, 7) is 2.05. The number of halogens is 1. The lowest BCUT2D eigenvalue weighted by molar-refractivity contribution is 0.419. The van der Waals surface area contributed by atoms with Gasteiger partial charge in [0.1, 0.15) is 0 Å². The predicted molar refractivity (Wildman–Crippen MR) is 86.9 cm³/mol. The van der Waals surface area contributed by atoms with Crippen LogP contribution in [0.25, 0.3) is 22.2 Å². The lowest BCUT2D eigenvalue weighted by Crippen LogP contribution is -2.21. The Morgan fingerprint density at radius 3 is 2.76 bits per heavy atom. The molecule has 0 amide bonds. The summed E-state index contributed by atoms with van der Waals surface area (Å²) in [4.78, 5) is 4.43. The smallest absolute Gasteiger partial charge is 0.257 e. The molecule has 0 aliphatic carbocycles. The van der Waals surface area contributed by atoms with E-state index in [1.165, 1.54) is 5.39 Å². The van der Waals surface area contributed by atoms with Crippen molar-refractivity contribution in [3.63, 3.8) is 0 Å². The molecule has 3 rings (SSSR count). The van der Waals surface area contributed by atoms with Crippen molar-refractivity contribution in [2.45, 2.75) is 25.8 Å². The van der Waals surface area contributed by atoms with Crippen LogP contribution < -0.4 is 5.73 Å². The Labute approximate surface area is 131 Å². The van der Waals surface area contributed by atoms with Gasteiger partial charge < -0.3 is 10.3 Å². The van der Waals surface area contributed by atoms with Gasteiger partial charge in [-0.15, -0.1) is 0 Å². The molecule has 1 unspecified atom stereocenters. The van der Waals surface area contributed by atoms with Gasteiger partial charge in [0, 0.05) is 22.5 Å². The molecule has 2 aromatic carbocycles. The minimum atomic E-state index is 0.0735. The van der Waals surface area contributed by atoms with Gasteiger partial charge >= 0.3 is 0 Å². The number of hydrogen-bond donors (Lipinski definition) is 1. The van der Waals surface area contributed by atoms with Gasteiger partial charge in [-0.1, -0.05) is 40.1 Å². The Bertz CT molecular complexity index is 769. The van der Waals surface area contributed by atoms with E-state index in [0.29, 0.717) is 18.1 Å². The number of rotatable bonds is 4. The molecule has 5 heteroatoms. The molecule has 0 aliphatic rings. The molecule has 3 aromatic rings. The molecule has 21 heavy (non-hydrogen) atoms. The fourth-order valence-corrected chi connectivity index (χ4v) is 2.56. The average molecular weight is 346 g/mol. The van der Waals surface area contributed by atoms with E-state index in [0.717, 1.165) is 21.8 Å². The van der Waals surface area contributed by atoms with Gasteiger partial charge in [0.15, 0.2) is 5.82 Å². The van der Waals surface area contributed by atoms with Crippen molar-refractivity contribution in [2.75, 3.05) is 0 Å². The fourth-order valence-electron chi connectivity index (χ4n) is 2.18. The molecule has 0 fully saturated rings. The van der Waals surface area contributed by atoms with Crippen LogP contribution in [0.3, 0.4) is 0 Å². The van der Waals surface area contributed by atoms with Gasteiger partial charge in [0.2, 0.25) is 0 Å². The molecular formula is C16H16BrN3O. The highest BCUT2D eigenvalue weighted by molar-refractivity contribution is 9.10. The molecule has 1 aromatic heterocycles. The Morgan fingerprint density at radius 2 is 1.95 bits per heavy atom. The summed E-state index contributed by atoms with van der Waals surface area (Å²) in [5.74, 6) is 1.20. The van der Waals surface area contributed by atoms with E-state index in [9.17, 15) is 0 Å². The highest BCUT2D eigenvalue weighted by Crippen LogP contribution is 2.25. The van der Waals surface area contributed by atoms with Crippen molar-refractivity contribution in [3.05, 3.63) is 46.7 Å². The van der Waals surface area contributed by atoms with Gasteiger partial charge in [-0.25, -0.2) is 0 Å². The highest BCUT2D eigenvalue weighted by atomic mass is 79.9. The highest BCUT2D eigenvalue weighted by Gasteiger charge is 2.11. The minimum absolute atomic E-state index is 0.0735. The van der Waals surface area contributed by atoms with Crippen LogP contribution in [0, 0.1) is 0 Å². The van der Waals surface area contributed by atoms with Crippen molar-refractivity contribution < 1.29 is 4.52 Å². The third kappa shape index (κ3) is 3.14. The second kappa shape index (κ2) is 5.95. The van der Waals surface area contributed by atoms with Crippen LogP contribution in [0.1, 0.15) is 19.2 Å². The zero-order valence-corrected chi connectivity index (χ0v) is 13.3. The quantitative estimate of drug-likeness (QED) is 0.777. The summed E-state index contributed by atoms with van der Waals surface area (Å²) >= 11 is 3.48. The molecule has 0 saturated heterocycles. The molecule has 1 atom stereocenters. The summed E-state index contributed by atoms with van der Waals surface area (Å²) in [5, 5.41) is 6.31. The first-order chi connectivity index (χ1) is 10.2. The number of nitrogens with two attached hydrogens (primary N) is 1. The summed E-state index contributed by atoms with van der Waals surface area (Å²) < 4.78 is 6.41. The second-order valence-electron chi connectivity index (χ2n) is 5.09. The van der Waals surface area contributed by atoms with Crippen molar-refractivity contribution in [1.29, 1.82) is 0 Å². The first-order valence-electron chi connectivity index (χ1n) is 6.93. The number of hydrogen-bond acceptors (Lipinski definition) is 4. The number of benzene rings is 2. The molecular weight excluding hydrogens is 330 g/mol. The minimum Gasteiger partial charge on any atom is -0.334 e. The van der Waals surface area contributed by atoms with Crippen molar-refractivity contribution >= 4 is 26.7 Å². The normalized spacial score (nSPS) is 12.7. The van der Waals surface area contributed by atoms with Crippen LogP contribution >= 0.6 is 15.9 Å². The third-order valence-corrected chi connectivity index (χ3v) is 3.98. The molecule has 0 bridgehead atoms. The number of fused-ring (bicyclic) bond motifs is 1. The Morgan fingerprint density at radius 1 is 1.19 bits per heavy atom. The van der Waals surface area contributed by atoms with Gasteiger partial charge in [0.05, 0.1) is 0 Å². The van der Waals surface area contributed by atoms with Crippen LogP contribution in [0.15, 0.2) is 45.4 Å². The second-order valence-corrected chi connectivity index (χ2v) is 6.01. The third-order valence-electron chi connectivity index (χ3n) is 3.49. The number of nitrogens with zero attached hydrogens (tertiary/aromatic N) is 2. The van der Waals surface area contributed by atoms with Crippen LogP contribution in [0.5, 0.6) is 0 Å². The van der Waals surface area contributed by atoms with E-state index in [-0.39, 0.29) is 6.04 Å². The molecule has 0 spiro atoms. The maximum absolute atomic E-state index is 5.92. The lowest BCUT2D eigenvalue weighted by Gasteiger charge is -2.02. The zero-order chi connectivity index (χ0) is 14.8. The van der Waals surface area contributed by atoms with Gasteiger partial charge in [-0.2, -0.15) is 4.98 Å². The van der Waals surface area contributed by atoms with Gasteiger partial charge in [-0.05, 0) is 41.5 Å². The van der Waals surface area contributed by atoms with Crippen LogP contribution in [0.4, 0.5) is 0 Å². The van der Waals surface area contributed by atoms with E-state index in [1.807, 2.05) is 19.1 Å². The molecule has 2 N–H and O–H groups in total. The van der Waals surface area contributed by atoms with Crippen LogP contribution in [-0.4, -0.2) is 16.2 Å². The molecule has 0 aliphatic heterocycles. The maximum Gasteiger partial charge on any atom is 0.257 e. The average Bonchev–Trinajstić information content (AvgIpc) is 2.95. The van der Waals surface area contributed by atoms with E-state index >= 15 is 0 Å². The SMILES string of the molecule is CCC(N)Cc1noc(-c2ccc3cc(Br)ccc3c2)n1. The van der Waals surface area contributed by atoms with Crippen molar-refractivity contribution in [2.24, 2.45) is 5.73 Å². The molecule has 0 radical (unpaired) electrons. The van der Waals surface area contributed by atoms with Gasteiger partial charge in [-0.3, -0.25) is 0 Å². The standard InChI is InChI=1S/C16H16BrN3O/c1-2-14(18)9-15-19-16(21-20-15)12-4-3-11-8-13(17)6-5-10(11)7-12/h3-8,14H,2,9,18H2,1H3. The predicted octanol–water partition coefficient (Wildman–Crippen LogP) is 3.93. The van der Waals surface area contributed by atoms with Crippen molar-refractivity contribution in [3.8, 4) is 11.5 Å². The van der Waals surface area contributed by atoms with Gasteiger partial charge in [0.25, 0.3) is 5.89 Å². The van der Waals surface area contributed by atoms with E-state index in [1.54, 1.807) is 0 Å². The fraction of sp³-hybridized carbons (Fsp3) is 0.250. The van der Waals surface area contributed by atoms with E-state index in [4.69, 9.17) is 10.3 Å². The molecule has 108 valence electrons. The molecule has 0 saturated carbocycles. The largest absolute Gasteiger partial charge is 0.334 e. The number of aromatic nitrogens is 2. The summed E-state index contributed by atoms with van der Waals surface area (Å²) in [5.41, 5.74) is 6.84. The Balaban J connectivity index is 1.91. The topological polar surface area (TPSA) is 64.9 Å². The Hall–Kier alpha value is -1.72. The Kier molecular flexibility index (Phi) is 4.03. The summed E-state index contributed by atoms with van der Waals surface area (Å²) in [6, 6.07) is 12.3. The molecule has 4 nitrogen and oxygen atoms in total. The van der Waals surface area contributed by atoms with E-state index in [2.05, 4.69) is 50.3 Å². The monoisotopic (exact) mass is 345 g/mol. The maximum atomic E-state index is 5.92. The van der Waals surface area contributed by atoms with Crippen molar-refractivity contribution in [1.82, 2.24) is 10.1 Å².